The van der Waals surface area contributed by atoms with Crippen molar-refractivity contribution < 1.29 is 0 Å². The molecule has 1 aromatic heterocycles. The van der Waals surface area contributed by atoms with Crippen LogP contribution in [0.15, 0.2) is 115 Å². The molecule has 0 radical (unpaired) electrons. The highest BCUT2D eigenvalue weighted by Crippen LogP contribution is 2.57. The maximum atomic E-state index is 2.77. The third-order valence-corrected chi connectivity index (χ3v) is 20.3. The summed E-state index contributed by atoms with van der Waals surface area (Å²) in [6.07, 6.45) is 4.62. The van der Waals surface area contributed by atoms with E-state index in [0.29, 0.717) is 0 Å². The fraction of sp³-hybridized carbons (Fsp3) is 0.391. The highest BCUT2D eigenvalue weighted by Gasteiger charge is 2.49. The molecule has 0 atom stereocenters. The summed E-state index contributed by atoms with van der Waals surface area (Å²) < 4.78 is 2.69. The summed E-state index contributed by atoms with van der Waals surface area (Å²) in [6, 6.07) is 46.9. The van der Waals surface area contributed by atoms with E-state index in [9.17, 15) is 0 Å². The van der Waals surface area contributed by atoms with Gasteiger partial charge in [-0.3, -0.25) is 0 Å². The second kappa shape index (κ2) is 14.8. The molecular weight excluding hydrogens is 900 g/mol. The summed E-state index contributed by atoms with van der Waals surface area (Å²) in [6.45, 7) is 39.3. The van der Waals surface area contributed by atoms with Crippen LogP contribution >= 0.6 is 11.3 Å². The molecule has 0 amide bonds. The fourth-order valence-corrected chi connectivity index (χ4v) is 16.8. The monoisotopic (exact) mass is 975 g/mol. The third kappa shape index (κ3) is 6.73. The molecule has 0 saturated heterocycles. The van der Waals surface area contributed by atoms with Gasteiger partial charge in [0.15, 0.2) is 0 Å². The van der Waals surface area contributed by atoms with Crippen LogP contribution in [0, 0.1) is 6.92 Å². The topological polar surface area (TPSA) is 6.48 Å². The van der Waals surface area contributed by atoms with Crippen molar-refractivity contribution in [2.24, 2.45) is 0 Å². The molecule has 2 aliphatic heterocycles. The lowest BCUT2D eigenvalue weighted by Crippen LogP contribution is -2.62. The van der Waals surface area contributed by atoms with Gasteiger partial charge in [0, 0.05) is 54.3 Å². The van der Waals surface area contributed by atoms with E-state index in [1.807, 2.05) is 11.3 Å². The van der Waals surface area contributed by atoms with Gasteiger partial charge in [0.1, 0.15) is 0 Å². The Balaban J connectivity index is 1.17. The van der Waals surface area contributed by atoms with Crippen LogP contribution < -0.4 is 26.2 Å². The van der Waals surface area contributed by atoms with Crippen molar-refractivity contribution in [2.45, 2.75) is 174 Å². The molecule has 4 heteroatoms. The van der Waals surface area contributed by atoms with Crippen molar-refractivity contribution in [3.05, 3.63) is 160 Å². The minimum absolute atomic E-state index is 0.00376. The maximum Gasteiger partial charge on any atom is 0.252 e. The average molecular weight is 975 g/mol. The van der Waals surface area contributed by atoms with Gasteiger partial charge in [0.2, 0.25) is 0 Å². The molecule has 73 heavy (non-hydrogen) atoms. The molecule has 13 rings (SSSR count). The number of fused-ring (bicyclic) bond motifs is 10. The summed E-state index contributed by atoms with van der Waals surface area (Å²) in [5.41, 5.74) is 26.6. The number of aryl methyl sites for hydroxylation is 1. The van der Waals surface area contributed by atoms with Crippen LogP contribution in [0.1, 0.15) is 174 Å². The van der Waals surface area contributed by atoms with E-state index in [4.69, 9.17) is 0 Å². The first-order chi connectivity index (χ1) is 34.2. The van der Waals surface area contributed by atoms with E-state index in [2.05, 4.69) is 236 Å². The fourth-order valence-electron chi connectivity index (χ4n) is 15.7. The zero-order valence-corrected chi connectivity index (χ0v) is 47.5. The minimum Gasteiger partial charge on any atom is -0.311 e. The van der Waals surface area contributed by atoms with Gasteiger partial charge in [-0.15, -0.1) is 11.3 Å². The van der Waals surface area contributed by atoms with Crippen LogP contribution in [0.5, 0.6) is 0 Å². The van der Waals surface area contributed by atoms with Gasteiger partial charge < -0.3 is 9.80 Å². The molecule has 0 fully saturated rings. The zero-order valence-electron chi connectivity index (χ0n) is 46.7. The Morgan fingerprint density at radius 2 is 1.03 bits per heavy atom. The standard InChI is InChI=1S/C69H75BN2S/c1-40-30-47-51(69(15,16)39-67(47,11)12)36-55(40)72-56-37-50-49(64(5,6)28-29-65(50,7)8)35-53(56)70-52-31-41(44-21-19-23-60-61(44)45-20-17-18-22-59(45)73-60)24-27-54(52)71(57-32-42(63(2,3)4)33-58(72)62(57)70)43-25-26-46-48(34-43)68(13,14)38-66(46,9)10/h17-27,30-37H,28-29,38-39H2,1-16H3. The molecule has 2 nitrogen and oxygen atoms in total. The Bertz CT molecular complexity index is 3710. The Hall–Kier alpha value is -5.58. The second-order valence-corrected chi connectivity index (χ2v) is 29.4. The van der Waals surface area contributed by atoms with Crippen molar-refractivity contribution >= 4 is 88.7 Å². The van der Waals surface area contributed by atoms with E-state index in [-0.39, 0.29) is 44.6 Å². The Morgan fingerprint density at radius 1 is 0.466 bits per heavy atom. The number of benzene rings is 7. The van der Waals surface area contributed by atoms with Crippen LogP contribution in [0.4, 0.5) is 34.1 Å². The number of thiophene rings is 1. The lowest BCUT2D eigenvalue weighted by Gasteiger charge is -2.48. The predicted molar refractivity (Wildman–Crippen MR) is 319 cm³/mol. The first kappa shape index (κ1) is 47.2. The molecule has 3 aliphatic carbocycles. The number of nitrogens with zero attached hydrogens (tertiary/aromatic N) is 2. The van der Waals surface area contributed by atoms with Crippen molar-refractivity contribution in [1.82, 2.24) is 0 Å². The number of anilines is 6. The predicted octanol–water partition coefficient (Wildman–Crippen LogP) is 17.7. The zero-order chi connectivity index (χ0) is 51.5. The van der Waals surface area contributed by atoms with Gasteiger partial charge in [0.25, 0.3) is 6.71 Å². The van der Waals surface area contributed by atoms with Gasteiger partial charge >= 0.3 is 0 Å². The largest absolute Gasteiger partial charge is 0.311 e. The molecule has 370 valence electrons. The van der Waals surface area contributed by atoms with Gasteiger partial charge in [-0.25, -0.2) is 0 Å². The number of hydrogen-bond donors (Lipinski definition) is 0. The maximum absolute atomic E-state index is 2.77. The summed E-state index contributed by atoms with van der Waals surface area (Å²) in [5.74, 6) is 0. The molecule has 8 aromatic rings. The SMILES string of the molecule is Cc1cc2c(cc1N1c3cc4c(cc3B3c5cc(-c6cccc7sc8ccccc8c67)ccc5N(c5ccc6c(c5)C(C)(C)CC6(C)C)c5cc(C(C)(C)C)cc1c53)C(C)(C)CCC4(C)C)C(C)(C)CC2(C)C. The van der Waals surface area contributed by atoms with E-state index < -0.39 is 0 Å². The van der Waals surface area contributed by atoms with Crippen LogP contribution in [-0.4, -0.2) is 6.71 Å². The number of rotatable bonds is 3. The van der Waals surface area contributed by atoms with Gasteiger partial charge in [-0.2, -0.15) is 0 Å². The van der Waals surface area contributed by atoms with Crippen molar-refractivity contribution in [3.8, 4) is 11.1 Å². The van der Waals surface area contributed by atoms with Crippen molar-refractivity contribution in [1.29, 1.82) is 0 Å². The molecule has 0 spiro atoms. The van der Waals surface area contributed by atoms with Gasteiger partial charge in [-0.05, 0) is 197 Å². The Morgan fingerprint density at radius 3 is 1.71 bits per heavy atom. The van der Waals surface area contributed by atoms with E-state index in [0.717, 1.165) is 12.8 Å². The van der Waals surface area contributed by atoms with Gasteiger partial charge in [0.05, 0.1) is 0 Å². The van der Waals surface area contributed by atoms with Crippen LogP contribution in [0.3, 0.4) is 0 Å². The molecule has 3 heterocycles. The molecule has 0 saturated carbocycles. The van der Waals surface area contributed by atoms with E-state index >= 15 is 0 Å². The third-order valence-electron chi connectivity index (χ3n) is 19.1. The minimum atomic E-state index is -0.115. The molecular formula is C69H75BN2S. The quantitative estimate of drug-likeness (QED) is 0.163. The summed E-state index contributed by atoms with van der Waals surface area (Å²) in [5, 5.41) is 2.71. The van der Waals surface area contributed by atoms with E-state index in [1.165, 1.54) is 139 Å². The normalized spacial score (nSPS) is 19.9. The van der Waals surface area contributed by atoms with E-state index in [1.54, 1.807) is 0 Å². The van der Waals surface area contributed by atoms with Crippen LogP contribution in [0.25, 0.3) is 31.3 Å². The lowest BCUT2D eigenvalue weighted by molar-refractivity contribution is 0.332. The van der Waals surface area contributed by atoms with Crippen molar-refractivity contribution in [3.63, 3.8) is 0 Å². The van der Waals surface area contributed by atoms with Crippen molar-refractivity contribution in [2.75, 3.05) is 9.80 Å². The summed E-state index contributed by atoms with van der Waals surface area (Å²) >= 11 is 1.91. The highest BCUT2D eigenvalue weighted by molar-refractivity contribution is 7.26. The average Bonchev–Trinajstić information content (AvgIpc) is 3.85. The Labute approximate surface area is 441 Å². The molecule has 5 aliphatic rings. The van der Waals surface area contributed by atoms with Crippen LogP contribution in [-0.2, 0) is 37.9 Å². The molecule has 7 aromatic carbocycles. The second-order valence-electron chi connectivity index (χ2n) is 28.4. The highest BCUT2D eigenvalue weighted by atomic mass is 32.1. The Kier molecular flexibility index (Phi) is 9.59. The molecule has 0 unspecified atom stereocenters. The first-order valence-electron chi connectivity index (χ1n) is 27.5. The molecule has 0 N–H and O–H groups in total. The lowest BCUT2D eigenvalue weighted by atomic mass is 9.33. The first-order valence-corrected chi connectivity index (χ1v) is 28.3. The summed E-state index contributed by atoms with van der Waals surface area (Å²) in [4.78, 5) is 5.47. The number of hydrogen-bond acceptors (Lipinski definition) is 3. The van der Waals surface area contributed by atoms with Crippen LogP contribution in [0.2, 0.25) is 0 Å². The molecule has 0 bridgehead atoms. The van der Waals surface area contributed by atoms with Gasteiger partial charge in [-0.1, -0.05) is 165 Å². The smallest absolute Gasteiger partial charge is 0.252 e. The summed E-state index contributed by atoms with van der Waals surface area (Å²) in [7, 11) is 0.